The summed E-state index contributed by atoms with van der Waals surface area (Å²) in [7, 11) is -3.26. The summed E-state index contributed by atoms with van der Waals surface area (Å²) in [4.78, 5) is 4.18. The molecule has 0 saturated carbocycles. The molecule has 1 aromatic rings. The first-order chi connectivity index (χ1) is 9.47. The Morgan fingerprint density at radius 1 is 1.40 bits per heavy atom. The van der Waals surface area contributed by atoms with Gasteiger partial charge in [-0.25, -0.2) is 8.42 Å². The number of pyridine rings is 1. The number of ether oxygens (including phenoxy) is 2. The minimum Gasteiger partial charge on any atom is -0.353 e. The number of hydrogen-bond acceptors (Lipinski definition) is 5. The van der Waals surface area contributed by atoms with E-state index in [0.717, 1.165) is 6.42 Å². The van der Waals surface area contributed by atoms with E-state index in [1.807, 2.05) is 13.8 Å². The zero-order valence-corrected chi connectivity index (χ0v) is 12.7. The lowest BCUT2D eigenvalue weighted by atomic mass is 10.0. The highest BCUT2D eigenvalue weighted by Crippen LogP contribution is 2.25. The van der Waals surface area contributed by atoms with Crippen molar-refractivity contribution in [2.45, 2.75) is 44.0 Å². The van der Waals surface area contributed by atoms with Crippen LogP contribution in [0.25, 0.3) is 0 Å². The van der Waals surface area contributed by atoms with Gasteiger partial charge in [-0.15, -0.1) is 0 Å². The maximum Gasteiger partial charge on any atom is 0.178 e. The maximum atomic E-state index is 12.3. The summed E-state index contributed by atoms with van der Waals surface area (Å²) in [6.07, 6.45) is 4.17. The van der Waals surface area contributed by atoms with Gasteiger partial charge in [0.2, 0.25) is 0 Å². The molecule has 0 aromatic carbocycles. The van der Waals surface area contributed by atoms with Gasteiger partial charge in [0, 0.05) is 18.8 Å². The highest BCUT2D eigenvalue weighted by Gasteiger charge is 2.28. The molecule has 0 spiro atoms. The van der Waals surface area contributed by atoms with Crippen molar-refractivity contribution >= 4 is 9.84 Å². The van der Waals surface area contributed by atoms with E-state index in [4.69, 9.17) is 9.47 Å². The second-order valence-corrected chi connectivity index (χ2v) is 7.37. The molecule has 1 fully saturated rings. The van der Waals surface area contributed by atoms with Gasteiger partial charge in [-0.3, -0.25) is 4.98 Å². The fourth-order valence-electron chi connectivity index (χ4n) is 2.33. The van der Waals surface area contributed by atoms with E-state index in [9.17, 15) is 8.42 Å². The number of sulfone groups is 1. The minimum absolute atomic E-state index is 0.0747. The van der Waals surface area contributed by atoms with Crippen LogP contribution in [0.5, 0.6) is 0 Å². The van der Waals surface area contributed by atoms with Gasteiger partial charge in [0.25, 0.3) is 0 Å². The Morgan fingerprint density at radius 3 is 2.75 bits per heavy atom. The van der Waals surface area contributed by atoms with Crippen molar-refractivity contribution in [3.05, 3.63) is 24.5 Å². The molecule has 0 amide bonds. The van der Waals surface area contributed by atoms with Crippen LogP contribution in [0.15, 0.2) is 29.4 Å². The van der Waals surface area contributed by atoms with E-state index in [-0.39, 0.29) is 24.1 Å². The summed E-state index contributed by atoms with van der Waals surface area (Å²) in [5.74, 6) is 0.212. The van der Waals surface area contributed by atoms with Crippen molar-refractivity contribution in [1.29, 1.82) is 0 Å². The van der Waals surface area contributed by atoms with Gasteiger partial charge >= 0.3 is 0 Å². The van der Waals surface area contributed by atoms with Crippen LogP contribution in [0.3, 0.4) is 0 Å². The SMILES string of the molecule is CC(C)OC1CC(CS(=O)(=O)c2ccncc2)CCO1. The number of nitrogens with zero attached hydrogens (tertiary/aromatic N) is 1. The van der Waals surface area contributed by atoms with Crippen LogP contribution >= 0.6 is 0 Å². The third kappa shape index (κ3) is 4.26. The number of rotatable bonds is 5. The topological polar surface area (TPSA) is 65.5 Å². The molecule has 5 nitrogen and oxygen atoms in total. The summed E-state index contributed by atoms with van der Waals surface area (Å²) in [6, 6.07) is 3.08. The largest absolute Gasteiger partial charge is 0.353 e. The molecular weight excluding hydrogens is 278 g/mol. The standard InChI is InChI=1S/C14H21NO4S/c1-11(2)19-14-9-12(5-8-18-14)10-20(16,17)13-3-6-15-7-4-13/h3-4,6-7,11-12,14H,5,8-10H2,1-2H3. The first-order valence-electron chi connectivity index (χ1n) is 6.87. The Hall–Kier alpha value is -0.980. The zero-order valence-electron chi connectivity index (χ0n) is 11.9. The second kappa shape index (κ2) is 6.65. The van der Waals surface area contributed by atoms with E-state index in [1.165, 1.54) is 24.5 Å². The Balaban J connectivity index is 1.99. The van der Waals surface area contributed by atoms with Crippen LogP contribution in [0.4, 0.5) is 0 Å². The third-order valence-corrected chi connectivity index (χ3v) is 5.14. The molecule has 2 unspecified atom stereocenters. The van der Waals surface area contributed by atoms with E-state index in [0.29, 0.717) is 17.9 Å². The van der Waals surface area contributed by atoms with E-state index in [1.54, 1.807) is 0 Å². The first kappa shape index (κ1) is 15.4. The molecule has 0 N–H and O–H groups in total. The Kier molecular flexibility index (Phi) is 5.12. The van der Waals surface area contributed by atoms with Gasteiger partial charge in [0.15, 0.2) is 16.1 Å². The summed E-state index contributed by atoms with van der Waals surface area (Å²) in [6.45, 7) is 4.44. The van der Waals surface area contributed by atoms with E-state index < -0.39 is 9.84 Å². The highest BCUT2D eigenvalue weighted by molar-refractivity contribution is 7.91. The summed E-state index contributed by atoms with van der Waals surface area (Å²) >= 11 is 0. The quantitative estimate of drug-likeness (QED) is 0.832. The van der Waals surface area contributed by atoms with Crippen molar-refractivity contribution < 1.29 is 17.9 Å². The van der Waals surface area contributed by atoms with Gasteiger partial charge in [0.05, 0.1) is 23.4 Å². The zero-order chi connectivity index (χ0) is 14.6. The molecule has 0 aliphatic carbocycles. The lowest BCUT2D eigenvalue weighted by Gasteiger charge is -2.30. The smallest absolute Gasteiger partial charge is 0.178 e. The summed E-state index contributed by atoms with van der Waals surface area (Å²) in [5.41, 5.74) is 0. The molecule has 112 valence electrons. The van der Waals surface area contributed by atoms with Crippen LogP contribution in [0, 0.1) is 5.92 Å². The first-order valence-corrected chi connectivity index (χ1v) is 8.52. The molecule has 20 heavy (non-hydrogen) atoms. The van der Waals surface area contributed by atoms with Crippen molar-refractivity contribution in [3.63, 3.8) is 0 Å². The van der Waals surface area contributed by atoms with E-state index in [2.05, 4.69) is 4.98 Å². The van der Waals surface area contributed by atoms with Crippen molar-refractivity contribution in [2.75, 3.05) is 12.4 Å². The molecule has 2 rings (SSSR count). The Labute approximate surface area is 120 Å². The number of aromatic nitrogens is 1. The summed E-state index contributed by atoms with van der Waals surface area (Å²) in [5, 5.41) is 0. The predicted molar refractivity (Wildman–Crippen MR) is 75.0 cm³/mol. The molecule has 0 radical (unpaired) electrons. The fraction of sp³-hybridized carbons (Fsp3) is 0.643. The van der Waals surface area contributed by atoms with Gasteiger partial charge in [-0.1, -0.05) is 0 Å². The molecule has 1 aliphatic rings. The lowest BCUT2D eigenvalue weighted by Crippen LogP contribution is -2.33. The predicted octanol–water partition coefficient (Wildman–Crippen LogP) is 2.03. The van der Waals surface area contributed by atoms with Gasteiger partial charge < -0.3 is 9.47 Å². The Bertz CT molecular complexity index is 515. The molecule has 0 bridgehead atoms. The maximum absolute atomic E-state index is 12.3. The molecule has 1 aromatic heterocycles. The molecule has 1 aliphatic heterocycles. The lowest BCUT2D eigenvalue weighted by molar-refractivity contribution is -0.189. The molecule has 1 saturated heterocycles. The average Bonchev–Trinajstić information content (AvgIpc) is 2.39. The molecule has 2 atom stereocenters. The number of hydrogen-bond donors (Lipinski definition) is 0. The second-order valence-electron chi connectivity index (χ2n) is 5.34. The van der Waals surface area contributed by atoms with Crippen LogP contribution in [-0.2, 0) is 19.3 Å². The monoisotopic (exact) mass is 299 g/mol. The van der Waals surface area contributed by atoms with Crippen molar-refractivity contribution in [1.82, 2.24) is 4.98 Å². The van der Waals surface area contributed by atoms with Crippen molar-refractivity contribution in [2.24, 2.45) is 5.92 Å². The van der Waals surface area contributed by atoms with Gasteiger partial charge in [0.1, 0.15) is 0 Å². The molecule has 6 heteroatoms. The van der Waals surface area contributed by atoms with Gasteiger partial charge in [-0.05, 0) is 38.3 Å². The normalized spacial score (nSPS) is 23.9. The van der Waals surface area contributed by atoms with Crippen LogP contribution in [-0.4, -0.2) is 38.2 Å². The summed E-state index contributed by atoms with van der Waals surface area (Å²) < 4.78 is 35.8. The average molecular weight is 299 g/mol. The van der Waals surface area contributed by atoms with Crippen molar-refractivity contribution in [3.8, 4) is 0 Å². The fourth-order valence-corrected chi connectivity index (χ4v) is 3.98. The van der Waals surface area contributed by atoms with E-state index >= 15 is 0 Å². The van der Waals surface area contributed by atoms with Crippen LogP contribution in [0.2, 0.25) is 0 Å². The third-order valence-electron chi connectivity index (χ3n) is 3.24. The minimum atomic E-state index is -3.26. The molecule has 2 heterocycles. The van der Waals surface area contributed by atoms with Crippen LogP contribution in [0.1, 0.15) is 26.7 Å². The van der Waals surface area contributed by atoms with Crippen LogP contribution < -0.4 is 0 Å². The Morgan fingerprint density at radius 2 is 2.10 bits per heavy atom. The molecular formula is C14H21NO4S. The highest BCUT2D eigenvalue weighted by atomic mass is 32.2. The van der Waals surface area contributed by atoms with Gasteiger partial charge in [-0.2, -0.15) is 0 Å².